The highest BCUT2D eigenvalue weighted by Gasteiger charge is 2.33. The molecule has 0 aliphatic carbocycles. The molecule has 17 heavy (non-hydrogen) atoms. The molecule has 0 bridgehead atoms. The molecule has 1 unspecified atom stereocenters. The van der Waals surface area contributed by atoms with Crippen LogP contribution in [0, 0.1) is 18.3 Å². The van der Waals surface area contributed by atoms with Crippen molar-refractivity contribution in [2.45, 2.75) is 38.7 Å². The van der Waals surface area contributed by atoms with Crippen LogP contribution in [0.4, 0.5) is 5.82 Å². The summed E-state index contributed by atoms with van der Waals surface area (Å²) in [6.07, 6.45) is 3.05. The molecule has 0 aromatic carbocycles. The first-order valence-electron chi connectivity index (χ1n) is 5.75. The van der Waals surface area contributed by atoms with Crippen LogP contribution in [0.2, 0.25) is 0 Å². The Bertz CT molecular complexity index is 449. The molecule has 1 aliphatic heterocycles. The van der Waals surface area contributed by atoms with Crippen molar-refractivity contribution < 1.29 is 4.74 Å². The number of aryl methyl sites for hydroxylation is 1. The third kappa shape index (κ3) is 2.08. The average Bonchev–Trinajstić information content (AvgIpc) is 2.29. The normalized spacial score (nSPS) is 24.3. The molecule has 1 atom stereocenters. The van der Waals surface area contributed by atoms with E-state index in [1.54, 1.807) is 6.92 Å². The van der Waals surface area contributed by atoms with E-state index < -0.39 is 5.60 Å². The first-order valence-corrected chi connectivity index (χ1v) is 5.75. The highest BCUT2D eigenvalue weighted by Crippen LogP contribution is 2.33. The molecule has 2 rings (SSSR count). The predicted octanol–water partition coefficient (Wildman–Crippen LogP) is 1.65. The number of aromatic nitrogens is 2. The Hall–Kier alpha value is -1.67. The number of nitrogens with two attached hydrogens (primary N) is 1. The molecular formula is C12H16N4O. The molecular weight excluding hydrogens is 216 g/mol. The maximum atomic E-state index is 8.92. The maximum absolute atomic E-state index is 8.92. The predicted molar refractivity (Wildman–Crippen MR) is 63.1 cm³/mol. The van der Waals surface area contributed by atoms with Crippen LogP contribution in [0.5, 0.6) is 0 Å². The number of nitrogen functional groups attached to an aromatic ring is 1. The SMILES string of the molecule is Cc1nc(C2(C)CCCCO2)nc(N)c1C#N. The molecule has 1 aromatic rings. The van der Waals surface area contributed by atoms with Crippen LogP contribution in [-0.4, -0.2) is 16.6 Å². The largest absolute Gasteiger partial charge is 0.382 e. The van der Waals surface area contributed by atoms with Crippen LogP contribution in [-0.2, 0) is 10.3 Å². The fraction of sp³-hybridized carbons (Fsp3) is 0.583. The average molecular weight is 232 g/mol. The Morgan fingerprint density at radius 3 is 2.71 bits per heavy atom. The topological polar surface area (TPSA) is 84.8 Å². The zero-order valence-corrected chi connectivity index (χ0v) is 10.2. The standard InChI is InChI=1S/C12H16N4O/c1-8-9(7-13)10(14)16-11(15-8)12(2)5-3-4-6-17-12/h3-6H2,1-2H3,(H2,14,15,16). The van der Waals surface area contributed by atoms with Crippen molar-refractivity contribution in [3.05, 3.63) is 17.1 Å². The monoisotopic (exact) mass is 232 g/mol. The molecule has 1 saturated heterocycles. The summed E-state index contributed by atoms with van der Waals surface area (Å²) in [6.45, 7) is 4.47. The summed E-state index contributed by atoms with van der Waals surface area (Å²) in [6, 6.07) is 2.02. The molecule has 2 heterocycles. The van der Waals surface area contributed by atoms with Gasteiger partial charge in [-0.3, -0.25) is 0 Å². The molecule has 90 valence electrons. The Morgan fingerprint density at radius 2 is 2.18 bits per heavy atom. The smallest absolute Gasteiger partial charge is 0.162 e. The van der Waals surface area contributed by atoms with E-state index in [9.17, 15) is 0 Å². The Morgan fingerprint density at radius 1 is 1.41 bits per heavy atom. The van der Waals surface area contributed by atoms with E-state index in [0.717, 1.165) is 25.9 Å². The summed E-state index contributed by atoms with van der Waals surface area (Å²) < 4.78 is 5.77. The second kappa shape index (κ2) is 4.30. The molecule has 5 nitrogen and oxygen atoms in total. The first kappa shape index (κ1) is 11.8. The van der Waals surface area contributed by atoms with Crippen molar-refractivity contribution in [1.82, 2.24) is 9.97 Å². The van der Waals surface area contributed by atoms with Gasteiger partial charge in [-0.25, -0.2) is 9.97 Å². The van der Waals surface area contributed by atoms with Gasteiger partial charge in [-0.05, 0) is 33.1 Å². The summed E-state index contributed by atoms with van der Waals surface area (Å²) >= 11 is 0. The van der Waals surface area contributed by atoms with Crippen LogP contribution in [0.25, 0.3) is 0 Å². The fourth-order valence-corrected chi connectivity index (χ4v) is 2.08. The molecule has 0 amide bonds. The number of ether oxygens (including phenoxy) is 1. The van der Waals surface area contributed by atoms with Crippen LogP contribution >= 0.6 is 0 Å². The van der Waals surface area contributed by atoms with Crippen molar-refractivity contribution in [2.75, 3.05) is 12.3 Å². The highest BCUT2D eigenvalue weighted by molar-refractivity contribution is 5.50. The molecule has 2 N–H and O–H groups in total. The number of nitrogens with zero attached hydrogens (tertiary/aromatic N) is 3. The number of hydrogen-bond donors (Lipinski definition) is 1. The summed E-state index contributed by atoms with van der Waals surface area (Å²) in [7, 11) is 0. The number of anilines is 1. The van der Waals surface area contributed by atoms with Gasteiger partial charge in [0, 0.05) is 6.61 Å². The lowest BCUT2D eigenvalue weighted by Crippen LogP contribution is -2.33. The van der Waals surface area contributed by atoms with Gasteiger partial charge in [0.25, 0.3) is 0 Å². The molecule has 0 saturated carbocycles. The molecule has 1 fully saturated rings. The zero-order valence-electron chi connectivity index (χ0n) is 10.2. The third-order valence-electron chi connectivity index (χ3n) is 3.17. The summed E-state index contributed by atoms with van der Waals surface area (Å²) in [4.78, 5) is 8.58. The van der Waals surface area contributed by atoms with Crippen LogP contribution in [0.3, 0.4) is 0 Å². The number of nitriles is 1. The lowest BCUT2D eigenvalue weighted by atomic mass is 9.95. The van der Waals surface area contributed by atoms with E-state index in [1.807, 2.05) is 13.0 Å². The van der Waals surface area contributed by atoms with Crippen LogP contribution in [0.1, 0.15) is 43.3 Å². The molecule has 1 aromatic heterocycles. The number of hydrogen-bond acceptors (Lipinski definition) is 5. The lowest BCUT2D eigenvalue weighted by molar-refractivity contribution is -0.0760. The molecule has 0 spiro atoms. The fourth-order valence-electron chi connectivity index (χ4n) is 2.08. The zero-order chi connectivity index (χ0) is 12.5. The highest BCUT2D eigenvalue weighted by atomic mass is 16.5. The first-order chi connectivity index (χ1) is 8.07. The second-order valence-corrected chi connectivity index (χ2v) is 4.54. The van der Waals surface area contributed by atoms with Crippen molar-refractivity contribution in [1.29, 1.82) is 5.26 Å². The molecule has 5 heteroatoms. The van der Waals surface area contributed by atoms with Gasteiger partial charge in [0.2, 0.25) is 0 Å². The summed E-state index contributed by atoms with van der Waals surface area (Å²) in [5.41, 5.74) is 6.27. The van der Waals surface area contributed by atoms with Gasteiger partial charge in [0.15, 0.2) is 5.82 Å². The van der Waals surface area contributed by atoms with Gasteiger partial charge in [-0.2, -0.15) is 5.26 Å². The quantitative estimate of drug-likeness (QED) is 0.795. The molecule has 1 aliphatic rings. The van der Waals surface area contributed by atoms with E-state index in [1.165, 1.54) is 0 Å². The van der Waals surface area contributed by atoms with E-state index in [4.69, 9.17) is 15.7 Å². The van der Waals surface area contributed by atoms with Crippen molar-refractivity contribution in [3.63, 3.8) is 0 Å². The van der Waals surface area contributed by atoms with E-state index in [-0.39, 0.29) is 5.82 Å². The van der Waals surface area contributed by atoms with Crippen LogP contribution in [0.15, 0.2) is 0 Å². The lowest BCUT2D eigenvalue weighted by Gasteiger charge is -2.32. The molecule has 0 radical (unpaired) electrons. The Balaban J connectivity index is 2.43. The van der Waals surface area contributed by atoms with Crippen molar-refractivity contribution >= 4 is 5.82 Å². The summed E-state index contributed by atoms with van der Waals surface area (Å²) in [5, 5.41) is 8.92. The third-order valence-corrected chi connectivity index (χ3v) is 3.17. The van der Waals surface area contributed by atoms with Gasteiger partial charge in [-0.1, -0.05) is 0 Å². The van der Waals surface area contributed by atoms with Gasteiger partial charge in [0.05, 0.1) is 5.69 Å². The van der Waals surface area contributed by atoms with E-state index in [0.29, 0.717) is 17.1 Å². The minimum atomic E-state index is -0.467. The van der Waals surface area contributed by atoms with Crippen LogP contribution < -0.4 is 5.73 Å². The van der Waals surface area contributed by atoms with Crippen molar-refractivity contribution in [2.24, 2.45) is 0 Å². The van der Waals surface area contributed by atoms with E-state index >= 15 is 0 Å². The van der Waals surface area contributed by atoms with Gasteiger partial charge >= 0.3 is 0 Å². The Kier molecular flexibility index (Phi) is 2.99. The number of rotatable bonds is 1. The minimum Gasteiger partial charge on any atom is -0.382 e. The van der Waals surface area contributed by atoms with Crippen molar-refractivity contribution in [3.8, 4) is 6.07 Å². The van der Waals surface area contributed by atoms with Gasteiger partial charge < -0.3 is 10.5 Å². The van der Waals surface area contributed by atoms with E-state index in [2.05, 4.69) is 9.97 Å². The van der Waals surface area contributed by atoms with Gasteiger partial charge in [0.1, 0.15) is 23.1 Å². The second-order valence-electron chi connectivity index (χ2n) is 4.54. The minimum absolute atomic E-state index is 0.241. The summed E-state index contributed by atoms with van der Waals surface area (Å²) in [5.74, 6) is 0.830. The van der Waals surface area contributed by atoms with Gasteiger partial charge in [-0.15, -0.1) is 0 Å². The maximum Gasteiger partial charge on any atom is 0.162 e. The Labute approximate surface area is 101 Å².